The maximum Gasteiger partial charge on any atom is 0.278 e. The minimum absolute atomic E-state index is 0.0916. The summed E-state index contributed by atoms with van der Waals surface area (Å²) in [4.78, 5) is 20.1. The zero-order chi connectivity index (χ0) is 21.1. The summed E-state index contributed by atoms with van der Waals surface area (Å²) in [6.45, 7) is 4.26. The number of benzene rings is 2. The number of methoxy groups -OCH3 is 2. The Morgan fingerprint density at radius 1 is 1.03 bits per heavy atom. The van der Waals surface area contributed by atoms with Gasteiger partial charge in [0.1, 0.15) is 5.52 Å². The van der Waals surface area contributed by atoms with Crippen LogP contribution in [0.5, 0.6) is 11.5 Å². The number of hydrogen-bond acceptors (Lipinski definition) is 7. The van der Waals surface area contributed by atoms with E-state index in [-0.39, 0.29) is 10.6 Å². The standard InChI is InChI=1S/C22H24N4O4/c1-29-20-8-5-16(14-21(20)30-2)15-24-10-12-25(13-11-24)19-7-6-18(26(27)28)17-4-3-9-23-22(17)19/h3-9,14H,10-13,15H2,1-2H3. The van der Waals surface area contributed by atoms with E-state index in [0.717, 1.165) is 49.9 Å². The Hall–Kier alpha value is -3.39. The average molecular weight is 408 g/mol. The van der Waals surface area contributed by atoms with Crippen molar-refractivity contribution in [3.63, 3.8) is 0 Å². The number of aromatic nitrogens is 1. The van der Waals surface area contributed by atoms with Crippen LogP contribution in [0.3, 0.4) is 0 Å². The Labute approximate surface area is 174 Å². The number of ether oxygens (including phenoxy) is 2. The number of hydrogen-bond donors (Lipinski definition) is 0. The largest absolute Gasteiger partial charge is 0.493 e. The molecule has 0 saturated carbocycles. The molecule has 1 aliphatic heterocycles. The molecule has 1 fully saturated rings. The van der Waals surface area contributed by atoms with E-state index in [1.54, 1.807) is 38.6 Å². The van der Waals surface area contributed by atoms with E-state index in [9.17, 15) is 10.1 Å². The van der Waals surface area contributed by atoms with E-state index >= 15 is 0 Å². The summed E-state index contributed by atoms with van der Waals surface area (Å²) >= 11 is 0. The van der Waals surface area contributed by atoms with E-state index in [4.69, 9.17) is 9.47 Å². The molecular weight excluding hydrogens is 384 g/mol. The van der Waals surface area contributed by atoms with Crippen molar-refractivity contribution in [3.05, 3.63) is 64.3 Å². The van der Waals surface area contributed by atoms with Crippen LogP contribution in [0.15, 0.2) is 48.7 Å². The van der Waals surface area contributed by atoms with E-state index < -0.39 is 0 Å². The molecule has 1 aliphatic rings. The molecule has 1 aromatic heterocycles. The Kier molecular flexibility index (Phi) is 5.67. The molecule has 4 rings (SSSR count). The van der Waals surface area contributed by atoms with Crippen LogP contribution in [0.1, 0.15) is 5.56 Å². The summed E-state index contributed by atoms with van der Waals surface area (Å²) in [5.74, 6) is 1.46. The minimum Gasteiger partial charge on any atom is -0.493 e. The van der Waals surface area contributed by atoms with Crippen molar-refractivity contribution in [2.75, 3.05) is 45.3 Å². The molecule has 0 unspecified atom stereocenters. The molecule has 0 amide bonds. The number of nitrogens with zero attached hydrogens (tertiary/aromatic N) is 4. The Bertz CT molecular complexity index is 1060. The van der Waals surface area contributed by atoms with Gasteiger partial charge in [0.15, 0.2) is 11.5 Å². The lowest BCUT2D eigenvalue weighted by molar-refractivity contribution is -0.383. The summed E-state index contributed by atoms with van der Waals surface area (Å²) in [5, 5.41) is 11.9. The number of anilines is 1. The van der Waals surface area contributed by atoms with Crippen molar-refractivity contribution >= 4 is 22.3 Å². The molecule has 0 atom stereocenters. The molecule has 1 saturated heterocycles. The van der Waals surface area contributed by atoms with E-state index in [1.165, 1.54) is 5.56 Å². The molecule has 0 spiro atoms. The Morgan fingerprint density at radius 3 is 2.50 bits per heavy atom. The zero-order valence-electron chi connectivity index (χ0n) is 17.1. The highest BCUT2D eigenvalue weighted by molar-refractivity contribution is 5.97. The molecule has 0 aliphatic carbocycles. The summed E-state index contributed by atoms with van der Waals surface area (Å²) < 4.78 is 10.7. The lowest BCUT2D eigenvalue weighted by atomic mass is 10.1. The van der Waals surface area contributed by atoms with Gasteiger partial charge in [-0.3, -0.25) is 20.0 Å². The fourth-order valence-electron chi connectivity index (χ4n) is 3.94. The number of pyridine rings is 1. The first-order valence-corrected chi connectivity index (χ1v) is 9.81. The second kappa shape index (κ2) is 8.54. The van der Waals surface area contributed by atoms with Gasteiger partial charge in [-0.25, -0.2) is 0 Å². The lowest BCUT2D eigenvalue weighted by Crippen LogP contribution is -2.46. The van der Waals surface area contributed by atoms with Crippen molar-refractivity contribution in [3.8, 4) is 11.5 Å². The van der Waals surface area contributed by atoms with Crippen LogP contribution < -0.4 is 14.4 Å². The van der Waals surface area contributed by atoms with Gasteiger partial charge in [-0.2, -0.15) is 0 Å². The molecule has 156 valence electrons. The molecule has 0 radical (unpaired) electrons. The molecule has 2 heterocycles. The quantitative estimate of drug-likeness (QED) is 0.456. The Morgan fingerprint density at radius 2 is 1.80 bits per heavy atom. The molecule has 2 aromatic carbocycles. The zero-order valence-corrected chi connectivity index (χ0v) is 17.1. The third-order valence-corrected chi connectivity index (χ3v) is 5.49. The molecule has 8 heteroatoms. The third-order valence-electron chi connectivity index (χ3n) is 5.49. The minimum atomic E-state index is -0.352. The van der Waals surface area contributed by atoms with Crippen molar-refractivity contribution < 1.29 is 14.4 Å². The lowest BCUT2D eigenvalue weighted by Gasteiger charge is -2.36. The normalized spacial score (nSPS) is 14.7. The SMILES string of the molecule is COc1ccc(CN2CCN(c3ccc([N+](=O)[O-])c4cccnc34)CC2)cc1OC. The van der Waals surface area contributed by atoms with Crippen LogP contribution >= 0.6 is 0 Å². The Balaban J connectivity index is 1.48. The molecule has 30 heavy (non-hydrogen) atoms. The molecule has 0 N–H and O–H groups in total. The van der Waals surface area contributed by atoms with Crippen molar-refractivity contribution in [1.82, 2.24) is 9.88 Å². The number of nitro groups is 1. The third kappa shape index (κ3) is 3.86. The van der Waals surface area contributed by atoms with Crippen molar-refractivity contribution in [2.24, 2.45) is 0 Å². The van der Waals surface area contributed by atoms with Crippen LogP contribution in [0.2, 0.25) is 0 Å². The van der Waals surface area contributed by atoms with Crippen LogP contribution in [-0.4, -0.2) is 55.2 Å². The number of piperazine rings is 1. The number of fused-ring (bicyclic) bond motifs is 1. The second-order valence-electron chi connectivity index (χ2n) is 7.21. The molecule has 0 bridgehead atoms. The first-order chi connectivity index (χ1) is 14.6. The maximum atomic E-state index is 11.3. The highest BCUT2D eigenvalue weighted by Crippen LogP contribution is 2.33. The van der Waals surface area contributed by atoms with Gasteiger partial charge in [0, 0.05) is 45.0 Å². The van der Waals surface area contributed by atoms with Gasteiger partial charge in [0.25, 0.3) is 5.69 Å². The second-order valence-corrected chi connectivity index (χ2v) is 7.21. The molecule has 3 aromatic rings. The summed E-state index contributed by atoms with van der Waals surface area (Å²) in [6.07, 6.45) is 1.68. The van der Waals surface area contributed by atoms with Crippen LogP contribution in [0.25, 0.3) is 10.9 Å². The van der Waals surface area contributed by atoms with Gasteiger partial charge in [-0.1, -0.05) is 6.07 Å². The van der Waals surface area contributed by atoms with Crippen LogP contribution in [0.4, 0.5) is 11.4 Å². The van der Waals surface area contributed by atoms with Gasteiger partial charge in [0.05, 0.1) is 30.2 Å². The van der Waals surface area contributed by atoms with Gasteiger partial charge >= 0.3 is 0 Å². The smallest absolute Gasteiger partial charge is 0.278 e. The van der Waals surface area contributed by atoms with Gasteiger partial charge in [0.2, 0.25) is 0 Å². The molecule has 8 nitrogen and oxygen atoms in total. The monoisotopic (exact) mass is 408 g/mol. The van der Waals surface area contributed by atoms with Crippen LogP contribution in [-0.2, 0) is 6.54 Å². The topological polar surface area (TPSA) is 81.0 Å². The fourth-order valence-corrected chi connectivity index (χ4v) is 3.94. The van der Waals surface area contributed by atoms with Crippen LogP contribution in [0, 0.1) is 10.1 Å². The maximum absolute atomic E-state index is 11.3. The van der Waals surface area contributed by atoms with E-state index in [2.05, 4.69) is 20.9 Å². The summed E-state index contributed by atoms with van der Waals surface area (Å²) in [5.41, 5.74) is 2.89. The molecular formula is C22H24N4O4. The predicted octanol–water partition coefficient (Wildman–Crippen LogP) is 3.48. The summed E-state index contributed by atoms with van der Waals surface area (Å²) in [6, 6.07) is 12.9. The summed E-state index contributed by atoms with van der Waals surface area (Å²) in [7, 11) is 3.27. The van der Waals surface area contributed by atoms with E-state index in [1.807, 2.05) is 18.2 Å². The predicted molar refractivity (Wildman–Crippen MR) is 115 cm³/mol. The number of non-ortho nitro benzene ring substituents is 1. The van der Waals surface area contributed by atoms with Gasteiger partial charge in [-0.15, -0.1) is 0 Å². The van der Waals surface area contributed by atoms with E-state index in [0.29, 0.717) is 10.9 Å². The number of nitro benzene ring substituents is 1. The van der Waals surface area contributed by atoms with Gasteiger partial charge in [-0.05, 0) is 35.9 Å². The van der Waals surface area contributed by atoms with Crippen molar-refractivity contribution in [1.29, 1.82) is 0 Å². The first kappa shape index (κ1) is 19.9. The average Bonchev–Trinajstić information content (AvgIpc) is 2.78. The highest BCUT2D eigenvalue weighted by Gasteiger charge is 2.22. The highest BCUT2D eigenvalue weighted by atomic mass is 16.6. The van der Waals surface area contributed by atoms with Gasteiger partial charge < -0.3 is 14.4 Å². The van der Waals surface area contributed by atoms with Crippen molar-refractivity contribution in [2.45, 2.75) is 6.54 Å². The fraction of sp³-hybridized carbons (Fsp3) is 0.318. The number of rotatable bonds is 6. The first-order valence-electron chi connectivity index (χ1n) is 9.81.